The van der Waals surface area contributed by atoms with Gasteiger partial charge in [-0.05, 0) is 18.6 Å². The Balaban J connectivity index is 2.50. The number of carboxylic acids is 1. The molecule has 14 heavy (non-hydrogen) atoms. The van der Waals surface area contributed by atoms with Gasteiger partial charge in [0.1, 0.15) is 23.2 Å². The van der Waals surface area contributed by atoms with Crippen LogP contribution in [0.3, 0.4) is 0 Å². The SMILES string of the molecule is CC1Cc2cc(C(=O)O)c(O)cc2O1. The third kappa shape index (κ3) is 1.28. The highest BCUT2D eigenvalue weighted by molar-refractivity contribution is 5.91. The summed E-state index contributed by atoms with van der Waals surface area (Å²) in [4.78, 5) is 10.7. The second-order valence-corrected chi connectivity index (χ2v) is 3.41. The minimum atomic E-state index is -1.12. The summed E-state index contributed by atoms with van der Waals surface area (Å²) in [7, 11) is 0. The summed E-state index contributed by atoms with van der Waals surface area (Å²) in [5.74, 6) is -0.782. The van der Waals surface area contributed by atoms with Gasteiger partial charge in [-0.2, -0.15) is 0 Å². The Morgan fingerprint density at radius 3 is 2.93 bits per heavy atom. The van der Waals surface area contributed by atoms with Gasteiger partial charge in [-0.15, -0.1) is 0 Å². The molecule has 0 spiro atoms. The van der Waals surface area contributed by atoms with E-state index < -0.39 is 5.97 Å². The van der Waals surface area contributed by atoms with Crippen molar-refractivity contribution >= 4 is 5.97 Å². The number of aromatic carboxylic acids is 1. The molecule has 4 heteroatoms. The van der Waals surface area contributed by atoms with Crippen LogP contribution in [-0.2, 0) is 6.42 Å². The third-order valence-electron chi connectivity index (χ3n) is 2.24. The van der Waals surface area contributed by atoms with E-state index in [1.54, 1.807) is 0 Å². The first-order valence-electron chi connectivity index (χ1n) is 4.34. The molecule has 74 valence electrons. The van der Waals surface area contributed by atoms with Gasteiger partial charge in [-0.1, -0.05) is 0 Å². The van der Waals surface area contributed by atoms with Crippen molar-refractivity contribution in [3.63, 3.8) is 0 Å². The molecule has 0 saturated heterocycles. The number of fused-ring (bicyclic) bond motifs is 1. The number of hydrogen-bond donors (Lipinski definition) is 2. The summed E-state index contributed by atoms with van der Waals surface area (Å²) in [5.41, 5.74) is 0.772. The van der Waals surface area contributed by atoms with Gasteiger partial charge in [0.05, 0.1) is 0 Å². The highest BCUT2D eigenvalue weighted by Crippen LogP contribution is 2.34. The number of benzene rings is 1. The first kappa shape index (κ1) is 8.87. The lowest BCUT2D eigenvalue weighted by atomic mass is 10.1. The molecule has 2 N–H and O–H groups in total. The number of ether oxygens (including phenoxy) is 1. The van der Waals surface area contributed by atoms with Gasteiger partial charge < -0.3 is 14.9 Å². The molecule has 0 saturated carbocycles. The summed E-state index contributed by atoms with van der Waals surface area (Å²) in [5, 5.41) is 18.1. The van der Waals surface area contributed by atoms with Crippen molar-refractivity contribution in [1.29, 1.82) is 0 Å². The van der Waals surface area contributed by atoms with Gasteiger partial charge in [0.2, 0.25) is 0 Å². The van der Waals surface area contributed by atoms with Crippen LogP contribution in [0.4, 0.5) is 0 Å². The molecule has 0 radical (unpaired) electrons. The fourth-order valence-electron chi connectivity index (χ4n) is 1.62. The second kappa shape index (κ2) is 2.90. The summed E-state index contributed by atoms with van der Waals surface area (Å²) in [6.07, 6.45) is 0.740. The summed E-state index contributed by atoms with van der Waals surface area (Å²) in [6.45, 7) is 1.90. The van der Waals surface area contributed by atoms with Crippen molar-refractivity contribution in [2.75, 3.05) is 0 Å². The van der Waals surface area contributed by atoms with Crippen LogP contribution in [0.15, 0.2) is 12.1 Å². The molecule has 1 aliphatic heterocycles. The molecule has 1 unspecified atom stereocenters. The van der Waals surface area contributed by atoms with Crippen LogP contribution in [0.1, 0.15) is 22.8 Å². The Bertz CT molecular complexity index is 397. The first-order valence-corrected chi connectivity index (χ1v) is 4.34. The zero-order chi connectivity index (χ0) is 10.3. The van der Waals surface area contributed by atoms with E-state index in [0.717, 1.165) is 5.56 Å². The fourth-order valence-corrected chi connectivity index (χ4v) is 1.62. The van der Waals surface area contributed by atoms with Crippen molar-refractivity contribution in [2.45, 2.75) is 19.4 Å². The highest BCUT2D eigenvalue weighted by Gasteiger charge is 2.22. The average Bonchev–Trinajstić information content (AvgIpc) is 2.42. The molecule has 0 bridgehead atoms. The Hall–Kier alpha value is -1.71. The standard InChI is InChI=1S/C10H10O4/c1-5-2-6-3-7(10(12)13)8(11)4-9(6)14-5/h3-5,11H,2H2,1H3,(H,12,13). The van der Waals surface area contributed by atoms with Crippen molar-refractivity contribution in [1.82, 2.24) is 0 Å². The lowest BCUT2D eigenvalue weighted by Gasteiger charge is -2.04. The maximum absolute atomic E-state index is 10.7. The van der Waals surface area contributed by atoms with E-state index in [4.69, 9.17) is 9.84 Å². The summed E-state index contributed by atoms with van der Waals surface area (Å²) < 4.78 is 5.37. The van der Waals surface area contributed by atoms with Crippen LogP contribution in [0.25, 0.3) is 0 Å². The Morgan fingerprint density at radius 1 is 1.57 bits per heavy atom. The molecule has 0 aromatic heterocycles. The maximum Gasteiger partial charge on any atom is 0.339 e. The van der Waals surface area contributed by atoms with Crippen molar-refractivity contribution in [3.8, 4) is 11.5 Å². The van der Waals surface area contributed by atoms with E-state index >= 15 is 0 Å². The zero-order valence-electron chi connectivity index (χ0n) is 7.65. The lowest BCUT2D eigenvalue weighted by Crippen LogP contribution is -2.05. The van der Waals surface area contributed by atoms with E-state index in [-0.39, 0.29) is 17.4 Å². The Labute approximate surface area is 80.7 Å². The number of rotatable bonds is 1. The minimum Gasteiger partial charge on any atom is -0.507 e. The quantitative estimate of drug-likeness (QED) is 0.709. The van der Waals surface area contributed by atoms with Crippen LogP contribution in [0.2, 0.25) is 0 Å². The number of aromatic hydroxyl groups is 1. The molecular weight excluding hydrogens is 184 g/mol. The predicted molar refractivity (Wildman–Crippen MR) is 48.9 cm³/mol. The molecule has 1 heterocycles. The van der Waals surface area contributed by atoms with E-state index in [9.17, 15) is 9.90 Å². The Morgan fingerprint density at radius 2 is 2.29 bits per heavy atom. The maximum atomic E-state index is 10.7. The number of hydrogen-bond acceptors (Lipinski definition) is 3. The van der Waals surface area contributed by atoms with Crippen LogP contribution in [0.5, 0.6) is 11.5 Å². The average molecular weight is 194 g/mol. The molecule has 1 aromatic carbocycles. The van der Waals surface area contributed by atoms with Gasteiger partial charge >= 0.3 is 5.97 Å². The van der Waals surface area contributed by atoms with Crippen molar-refractivity contribution in [2.24, 2.45) is 0 Å². The van der Waals surface area contributed by atoms with E-state index in [1.807, 2.05) is 6.92 Å². The second-order valence-electron chi connectivity index (χ2n) is 3.41. The number of carboxylic acid groups (broad SMARTS) is 1. The molecule has 2 rings (SSSR count). The predicted octanol–water partition coefficient (Wildman–Crippen LogP) is 1.41. The van der Waals surface area contributed by atoms with E-state index in [2.05, 4.69) is 0 Å². The van der Waals surface area contributed by atoms with Gasteiger partial charge in [-0.3, -0.25) is 0 Å². The topological polar surface area (TPSA) is 66.8 Å². The molecule has 1 atom stereocenters. The highest BCUT2D eigenvalue weighted by atomic mass is 16.5. The summed E-state index contributed by atoms with van der Waals surface area (Å²) in [6, 6.07) is 2.83. The largest absolute Gasteiger partial charge is 0.507 e. The lowest BCUT2D eigenvalue weighted by molar-refractivity contribution is 0.0693. The van der Waals surface area contributed by atoms with Crippen LogP contribution < -0.4 is 4.74 Å². The molecular formula is C10H10O4. The Kier molecular flexibility index (Phi) is 1.84. The molecule has 0 amide bonds. The third-order valence-corrected chi connectivity index (χ3v) is 2.24. The summed E-state index contributed by atoms with van der Waals surface area (Å²) >= 11 is 0. The first-order chi connectivity index (χ1) is 6.58. The van der Waals surface area contributed by atoms with Gasteiger partial charge in [-0.25, -0.2) is 4.79 Å². The molecule has 1 aromatic rings. The normalized spacial score (nSPS) is 18.8. The minimum absolute atomic E-state index is 0.0495. The van der Waals surface area contributed by atoms with Gasteiger partial charge in [0, 0.05) is 12.5 Å². The molecule has 1 aliphatic rings. The number of carbonyl (C=O) groups is 1. The monoisotopic (exact) mass is 194 g/mol. The molecule has 4 nitrogen and oxygen atoms in total. The van der Waals surface area contributed by atoms with Crippen LogP contribution in [-0.4, -0.2) is 22.3 Å². The van der Waals surface area contributed by atoms with Crippen LogP contribution >= 0.6 is 0 Å². The zero-order valence-corrected chi connectivity index (χ0v) is 7.65. The van der Waals surface area contributed by atoms with Gasteiger partial charge in [0.25, 0.3) is 0 Å². The number of phenols is 1. The van der Waals surface area contributed by atoms with E-state index in [0.29, 0.717) is 12.2 Å². The van der Waals surface area contributed by atoms with Gasteiger partial charge in [0.15, 0.2) is 0 Å². The van der Waals surface area contributed by atoms with Crippen LogP contribution in [0, 0.1) is 0 Å². The van der Waals surface area contributed by atoms with E-state index in [1.165, 1.54) is 12.1 Å². The van der Waals surface area contributed by atoms with Crippen molar-refractivity contribution in [3.05, 3.63) is 23.3 Å². The van der Waals surface area contributed by atoms with Crippen molar-refractivity contribution < 1.29 is 19.7 Å². The molecule has 0 fully saturated rings. The smallest absolute Gasteiger partial charge is 0.339 e. The fraction of sp³-hybridized carbons (Fsp3) is 0.300. The molecule has 0 aliphatic carbocycles.